The van der Waals surface area contributed by atoms with Gasteiger partial charge in [0, 0.05) is 22.0 Å². The van der Waals surface area contributed by atoms with Crippen LogP contribution in [-0.2, 0) is 0 Å². The fourth-order valence-corrected chi connectivity index (χ4v) is 2.85. The van der Waals surface area contributed by atoms with E-state index in [0.717, 1.165) is 27.6 Å². The Bertz CT molecular complexity index is 612. The molecule has 2 N–H and O–H groups in total. The summed E-state index contributed by atoms with van der Waals surface area (Å²) in [4.78, 5) is 8.82. The number of nitrogens with zero attached hydrogens (tertiary/aromatic N) is 2. The maximum Gasteiger partial charge on any atom is 0.124 e. The zero-order valence-corrected chi connectivity index (χ0v) is 10.5. The Labute approximate surface area is 107 Å². The van der Waals surface area contributed by atoms with Gasteiger partial charge < -0.3 is 5.73 Å². The van der Waals surface area contributed by atoms with Crippen LogP contribution in [0.1, 0.15) is 0 Å². The van der Waals surface area contributed by atoms with Crippen LogP contribution in [0.3, 0.4) is 0 Å². The molecule has 2 heterocycles. The second-order valence-electron chi connectivity index (χ2n) is 3.53. The van der Waals surface area contributed by atoms with Crippen molar-refractivity contribution in [2.75, 3.05) is 5.73 Å². The minimum Gasteiger partial charge on any atom is -0.399 e. The molecule has 0 saturated carbocycles. The van der Waals surface area contributed by atoms with Crippen LogP contribution in [0.5, 0.6) is 0 Å². The second-order valence-corrected chi connectivity index (χ2v) is 5.11. The van der Waals surface area contributed by atoms with Crippen LogP contribution in [0.15, 0.2) is 40.5 Å². The van der Waals surface area contributed by atoms with E-state index < -0.39 is 0 Å². The van der Waals surface area contributed by atoms with Crippen LogP contribution in [0, 0.1) is 0 Å². The van der Waals surface area contributed by atoms with E-state index >= 15 is 0 Å². The first-order valence-electron chi connectivity index (χ1n) is 5.03. The number of nitrogen functional groups attached to an aromatic ring is 1. The first-order valence-corrected chi connectivity index (χ1v) is 6.85. The van der Waals surface area contributed by atoms with Gasteiger partial charge in [-0.15, -0.1) is 22.7 Å². The van der Waals surface area contributed by atoms with Crippen molar-refractivity contribution in [2.24, 2.45) is 0 Å². The Kier molecular flexibility index (Phi) is 2.62. The summed E-state index contributed by atoms with van der Waals surface area (Å²) in [5.41, 5.74) is 11.2. The molecule has 3 rings (SSSR count). The van der Waals surface area contributed by atoms with Crippen molar-refractivity contribution in [3.8, 4) is 22.0 Å². The van der Waals surface area contributed by atoms with Crippen LogP contribution >= 0.6 is 22.7 Å². The lowest BCUT2D eigenvalue weighted by atomic mass is 10.2. The lowest BCUT2D eigenvalue weighted by molar-refractivity contribution is 1.33. The van der Waals surface area contributed by atoms with E-state index in [1.165, 1.54) is 0 Å². The summed E-state index contributed by atoms with van der Waals surface area (Å²) in [5.74, 6) is 0. The molecule has 84 valence electrons. The zero-order chi connectivity index (χ0) is 11.7. The van der Waals surface area contributed by atoms with Gasteiger partial charge in [0.05, 0.1) is 5.51 Å². The molecule has 0 spiro atoms. The highest BCUT2D eigenvalue weighted by molar-refractivity contribution is 7.13. The number of aromatic nitrogens is 2. The van der Waals surface area contributed by atoms with Crippen LogP contribution in [0.25, 0.3) is 22.0 Å². The molecular weight excluding hydrogens is 250 g/mol. The third kappa shape index (κ3) is 2.07. The van der Waals surface area contributed by atoms with E-state index in [0.29, 0.717) is 0 Å². The number of hydrogen-bond donors (Lipinski definition) is 1. The average Bonchev–Trinajstić information content (AvgIpc) is 3.00. The van der Waals surface area contributed by atoms with Crippen molar-refractivity contribution in [3.63, 3.8) is 0 Å². The third-order valence-corrected chi connectivity index (χ3v) is 3.83. The average molecular weight is 259 g/mol. The Morgan fingerprint density at radius 1 is 1.00 bits per heavy atom. The molecule has 0 radical (unpaired) electrons. The molecule has 2 aromatic heterocycles. The Hall–Kier alpha value is -1.72. The predicted molar refractivity (Wildman–Crippen MR) is 73.1 cm³/mol. The monoisotopic (exact) mass is 259 g/mol. The minimum atomic E-state index is 0.769. The van der Waals surface area contributed by atoms with Gasteiger partial charge in [0.2, 0.25) is 0 Å². The summed E-state index contributed by atoms with van der Waals surface area (Å²) < 4.78 is 0. The van der Waals surface area contributed by atoms with E-state index in [1.807, 2.05) is 40.5 Å². The van der Waals surface area contributed by atoms with Crippen LogP contribution in [0.2, 0.25) is 0 Å². The lowest BCUT2D eigenvalue weighted by Crippen LogP contribution is -1.83. The molecular formula is C12H9N3S2. The first kappa shape index (κ1) is 10.4. The molecule has 0 atom stereocenters. The van der Waals surface area contributed by atoms with E-state index in [4.69, 9.17) is 5.73 Å². The van der Waals surface area contributed by atoms with Gasteiger partial charge in [-0.05, 0) is 24.3 Å². The number of hydrogen-bond acceptors (Lipinski definition) is 5. The Morgan fingerprint density at radius 2 is 1.82 bits per heavy atom. The quantitative estimate of drug-likeness (QED) is 0.716. The summed E-state index contributed by atoms with van der Waals surface area (Å²) in [7, 11) is 0. The number of rotatable bonds is 2. The van der Waals surface area contributed by atoms with Gasteiger partial charge in [-0.2, -0.15) is 0 Å². The van der Waals surface area contributed by atoms with Gasteiger partial charge in [0.25, 0.3) is 0 Å². The first-order chi connectivity index (χ1) is 8.33. The van der Waals surface area contributed by atoms with Crippen molar-refractivity contribution < 1.29 is 0 Å². The summed E-state index contributed by atoms with van der Waals surface area (Å²) >= 11 is 3.20. The molecule has 0 aliphatic carbocycles. The maximum atomic E-state index is 5.66. The standard InChI is InChI=1S/C12H9N3S2/c13-9-3-1-8(2-4-9)12-15-11(6-17-12)10-5-16-7-14-10/h1-7H,13H2. The SMILES string of the molecule is Nc1ccc(-c2nc(-c3cscn3)cs2)cc1. The predicted octanol–water partition coefficient (Wildman–Crippen LogP) is 3.52. The van der Waals surface area contributed by atoms with E-state index in [9.17, 15) is 0 Å². The normalized spacial score (nSPS) is 10.6. The molecule has 0 saturated heterocycles. The molecule has 0 aliphatic rings. The van der Waals surface area contributed by atoms with Gasteiger partial charge in [0.15, 0.2) is 0 Å². The molecule has 0 fully saturated rings. The molecule has 17 heavy (non-hydrogen) atoms. The number of thiazole rings is 2. The highest BCUT2D eigenvalue weighted by Gasteiger charge is 2.07. The zero-order valence-electron chi connectivity index (χ0n) is 8.83. The minimum absolute atomic E-state index is 0.769. The maximum absolute atomic E-state index is 5.66. The van der Waals surface area contributed by atoms with Crippen LogP contribution in [-0.4, -0.2) is 9.97 Å². The molecule has 0 amide bonds. The molecule has 0 bridgehead atoms. The Balaban J connectivity index is 1.98. The number of nitrogens with two attached hydrogens (primary N) is 1. The van der Waals surface area contributed by atoms with Gasteiger partial charge in [-0.1, -0.05) is 0 Å². The molecule has 0 unspecified atom stereocenters. The van der Waals surface area contributed by atoms with Crippen LogP contribution in [0.4, 0.5) is 5.69 Å². The van der Waals surface area contributed by atoms with Gasteiger partial charge in [-0.3, -0.25) is 0 Å². The fraction of sp³-hybridized carbons (Fsp3) is 0. The van der Waals surface area contributed by atoms with Crippen LogP contribution < -0.4 is 5.73 Å². The van der Waals surface area contributed by atoms with Gasteiger partial charge in [0.1, 0.15) is 16.4 Å². The highest BCUT2D eigenvalue weighted by atomic mass is 32.1. The molecule has 5 heteroatoms. The van der Waals surface area contributed by atoms with Crippen molar-refractivity contribution >= 4 is 28.4 Å². The largest absolute Gasteiger partial charge is 0.399 e. The summed E-state index contributed by atoms with van der Waals surface area (Å²) in [6.07, 6.45) is 0. The van der Waals surface area contributed by atoms with E-state index in [1.54, 1.807) is 22.7 Å². The van der Waals surface area contributed by atoms with Crippen molar-refractivity contribution in [3.05, 3.63) is 40.5 Å². The number of anilines is 1. The van der Waals surface area contributed by atoms with E-state index in [-0.39, 0.29) is 0 Å². The lowest BCUT2D eigenvalue weighted by Gasteiger charge is -1.96. The van der Waals surface area contributed by atoms with E-state index in [2.05, 4.69) is 9.97 Å². The Morgan fingerprint density at radius 3 is 2.53 bits per heavy atom. The van der Waals surface area contributed by atoms with Crippen molar-refractivity contribution in [1.82, 2.24) is 9.97 Å². The van der Waals surface area contributed by atoms with Gasteiger partial charge in [-0.25, -0.2) is 9.97 Å². The third-order valence-electron chi connectivity index (χ3n) is 2.36. The summed E-state index contributed by atoms with van der Waals surface area (Å²) in [6.45, 7) is 0. The highest BCUT2D eigenvalue weighted by Crippen LogP contribution is 2.28. The topological polar surface area (TPSA) is 51.8 Å². The smallest absolute Gasteiger partial charge is 0.124 e. The van der Waals surface area contributed by atoms with Crippen molar-refractivity contribution in [1.29, 1.82) is 0 Å². The summed E-state index contributed by atoms with van der Waals surface area (Å²) in [5, 5.41) is 5.02. The number of benzene rings is 1. The molecule has 3 nitrogen and oxygen atoms in total. The van der Waals surface area contributed by atoms with Crippen molar-refractivity contribution in [2.45, 2.75) is 0 Å². The fourth-order valence-electron chi connectivity index (χ4n) is 1.49. The molecule has 3 aromatic rings. The molecule has 1 aromatic carbocycles. The summed E-state index contributed by atoms with van der Waals surface area (Å²) in [6, 6.07) is 7.75. The molecule has 0 aliphatic heterocycles. The van der Waals surface area contributed by atoms with Gasteiger partial charge >= 0.3 is 0 Å². The second kappa shape index (κ2) is 4.27.